The minimum absolute atomic E-state index is 0.00492. The van der Waals surface area contributed by atoms with E-state index in [1.54, 1.807) is 6.07 Å². The predicted molar refractivity (Wildman–Crippen MR) is 196 cm³/mol. The standard InChI is InChI=1S/C40H46BrFN4O4/c1-26-6-2-3-8-28(26)19-20-46(32-16-17-32)40(49)39-33(23-31-24-45(25-35(39)44-31)38(48)10-4-9-37(43)47)29-13-11-27(12-14-29)7-5-21-50-36-22-30(42)15-18-34(36)41/h2-3,6,8,11-15,18,22,31-32,35,44H,4-5,7,9-10,16-17,19-21,23-25H2,1H3,(H2,43,47)/t31-,35-/m1/s1. The largest absolute Gasteiger partial charge is 0.492 e. The average molecular weight is 746 g/mol. The first-order valence-corrected chi connectivity index (χ1v) is 18.5. The van der Waals surface area contributed by atoms with Crippen LogP contribution >= 0.6 is 15.9 Å². The molecule has 2 atom stereocenters. The molecular weight excluding hydrogens is 699 g/mol. The number of halogens is 2. The molecule has 0 aromatic heterocycles. The smallest absolute Gasteiger partial charge is 0.252 e. The molecular formula is C40H46BrFN4O4. The van der Waals surface area contributed by atoms with Crippen LogP contribution in [0.1, 0.15) is 67.2 Å². The number of carbonyl (C=O) groups is 3. The van der Waals surface area contributed by atoms with Crippen molar-refractivity contribution in [3.63, 3.8) is 0 Å². The minimum atomic E-state index is -0.405. The molecule has 0 radical (unpaired) electrons. The molecule has 0 spiro atoms. The van der Waals surface area contributed by atoms with Gasteiger partial charge in [0.15, 0.2) is 0 Å². The zero-order chi connectivity index (χ0) is 35.2. The third-order valence-electron chi connectivity index (χ3n) is 10.00. The fraction of sp³-hybridized carbons (Fsp3) is 0.425. The van der Waals surface area contributed by atoms with Crippen molar-refractivity contribution in [2.45, 2.75) is 82.8 Å². The number of primary amides is 1. The van der Waals surface area contributed by atoms with Gasteiger partial charge in [-0.3, -0.25) is 14.4 Å². The van der Waals surface area contributed by atoms with Gasteiger partial charge in [-0.25, -0.2) is 4.39 Å². The number of benzene rings is 3. The second-order valence-electron chi connectivity index (χ2n) is 13.8. The van der Waals surface area contributed by atoms with Crippen molar-refractivity contribution in [2.75, 3.05) is 26.2 Å². The predicted octanol–water partition coefficient (Wildman–Crippen LogP) is 6.12. The van der Waals surface area contributed by atoms with Crippen molar-refractivity contribution in [3.8, 4) is 5.75 Å². The Hall–Kier alpha value is -4.02. The van der Waals surface area contributed by atoms with Gasteiger partial charge in [-0.2, -0.15) is 0 Å². The molecule has 2 aliphatic heterocycles. The van der Waals surface area contributed by atoms with E-state index in [2.05, 4.69) is 75.5 Å². The van der Waals surface area contributed by atoms with Crippen LogP contribution < -0.4 is 15.8 Å². The first kappa shape index (κ1) is 35.8. The first-order valence-electron chi connectivity index (χ1n) is 17.7. The molecule has 3 amide bonds. The molecule has 3 N–H and O–H groups in total. The Balaban J connectivity index is 1.21. The molecule has 6 rings (SSSR count). The summed E-state index contributed by atoms with van der Waals surface area (Å²) in [4.78, 5) is 43.2. The van der Waals surface area contributed by atoms with Crippen LogP contribution in [0.5, 0.6) is 5.75 Å². The van der Waals surface area contributed by atoms with E-state index in [1.165, 1.54) is 23.3 Å². The highest BCUT2D eigenvalue weighted by Crippen LogP contribution is 2.37. The Morgan fingerprint density at radius 3 is 2.52 bits per heavy atom. The summed E-state index contributed by atoms with van der Waals surface area (Å²) in [5.74, 6) is -0.197. The average Bonchev–Trinajstić information content (AvgIpc) is 3.94. The maximum absolute atomic E-state index is 14.7. The third-order valence-corrected chi connectivity index (χ3v) is 10.7. The third kappa shape index (κ3) is 9.01. The van der Waals surface area contributed by atoms with Crippen LogP contribution in [-0.2, 0) is 27.2 Å². The number of piperazine rings is 1. The highest BCUT2D eigenvalue weighted by atomic mass is 79.9. The molecule has 10 heteroatoms. The van der Waals surface area contributed by atoms with Gasteiger partial charge in [0.05, 0.1) is 17.1 Å². The van der Waals surface area contributed by atoms with E-state index in [0.29, 0.717) is 44.8 Å². The van der Waals surface area contributed by atoms with Gasteiger partial charge in [0, 0.05) is 56.2 Å². The van der Waals surface area contributed by atoms with Crippen molar-refractivity contribution in [1.82, 2.24) is 15.1 Å². The molecule has 50 heavy (non-hydrogen) atoms. The number of rotatable bonds is 15. The lowest BCUT2D eigenvalue weighted by Gasteiger charge is -2.45. The molecule has 0 unspecified atom stereocenters. The normalized spacial score (nSPS) is 18.6. The van der Waals surface area contributed by atoms with Gasteiger partial charge < -0.3 is 25.6 Å². The van der Waals surface area contributed by atoms with Crippen molar-refractivity contribution in [3.05, 3.63) is 105 Å². The lowest BCUT2D eigenvalue weighted by atomic mass is 9.82. The number of nitrogens with zero attached hydrogens (tertiary/aromatic N) is 2. The first-order chi connectivity index (χ1) is 24.2. The summed E-state index contributed by atoms with van der Waals surface area (Å²) < 4.78 is 20.2. The number of ether oxygens (including phenoxy) is 1. The number of carbonyl (C=O) groups excluding carboxylic acids is 3. The van der Waals surface area contributed by atoms with E-state index in [1.807, 2.05) is 11.0 Å². The zero-order valence-corrected chi connectivity index (χ0v) is 30.2. The van der Waals surface area contributed by atoms with E-state index in [-0.39, 0.29) is 48.6 Å². The number of nitrogens with two attached hydrogens (primary N) is 1. The van der Waals surface area contributed by atoms with Crippen LogP contribution in [0.2, 0.25) is 0 Å². The van der Waals surface area contributed by atoms with Crippen molar-refractivity contribution < 1.29 is 23.5 Å². The van der Waals surface area contributed by atoms with E-state index >= 15 is 0 Å². The monoisotopic (exact) mass is 744 g/mol. The summed E-state index contributed by atoms with van der Waals surface area (Å²) in [5, 5.41) is 3.69. The number of hydrogen-bond donors (Lipinski definition) is 2. The summed E-state index contributed by atoms with van der Waals surface area (Å²) in [6, 6.07) is 21.2. The van der Waals surface area contributed by atoms with Crippen LogP contribution in [-0.4, -0.2) is 71.9 Å². The van der Waals surface area contributed by atoms with Gasteiger partial charge in [0.2, 0.25) is 11.8 Å². The van der Waals surface area contributed by atoms with Crippen LogP contribution in [0.15, 0.2) is 76.8 Å². The Morgan fingerprint density at radius 2 is 1.78 bits per heavy atom. The number of hydrogen-bond acceptors (Lipinski definition) is 5. The van der Waals surface area contributed by atoms with Gasteiger partial charge in [-0.05, 0) is 108 Å². The number of fused-ring (bicyclic) bond motifs is 2. The molecule has 1 saturated carbocycles. The quantitative estimate of drug-likeness (QED) is 0.183. The Kier molecular flexibility index (Phi) is 11.7. The molecule has 1 aliphatic carbocycles. The SMILES string of the molecule is Cc1ccccc1CCN(C(=O)C1=C(c2ccc(CCCOc3cc(F)ccc3Br)cc2)C[C@@H]2CN(C(=O)CCCC(N)=O)C[C@H]1N2)C1CC1. The Bertz CT molecular complexity index is 1740. The second-order valence-corrected chi connectivity index (χ2v) is 14.6. The van der Waals surface area contributed by atoms with Crippen LogP contribution in [0.4, 0.5) is 4.39 Å². The molecule has 3 aromatic rings. The van der Waals surface area contributed by atoms with E-state index in [0.717, 1.165) is 58.8 Å². The topological polar surface area (TPSA) is 105 Å². The Morgan fingerprint density at radius 1 is 1.00 bits per heavy atom. The van der Waals surface area contributed by atoms with Gasteiger partial charge in [0.1, 0.15) is 11.6 Å². The summed E-state index contributed by atoms with van der Waals surface area (Å²) in [6.07, 6.45) is 5.86. The van der Waals surface area contributed by atoms with Crippen molar-refractivity contribution in [2.24, 2.45) is 5.73 Å². The lowest BCUT2D eigenvalue weighted by Crippen LogP contribution is -2.62. The summed E-state index contributed by atoms with van der Waals surface area (Å²) in [6.45, 7) is 4.17. The zero-order valence-electron chi connectivity index (χ0n) is 28.6. The van der Waals surface area contributed by atoms with Crippen molar-refractivity contribution >= 4 is 39.2 Å². The maximum atomic E-state index is 14.7. The van der Waals surface area contributed by atoms with E-state index in [4.69, 9.17) is 10.5 Å². The number of amides is 3. The molecule has 264 valence electrons. The number of nitrogens with one attached hydrogen (secondary N) is 1. The minimum Gasteiger partial charge on any atom is -0.492 e. The summed E-state index contributed by atoms with van der Waals surface area (Å²) in [5.41, 5.74) is 11.8. The van der Waals surface area contributed by atoms with Gasteiger partial charge in [-0.1, -0.05) is 48.5 Å². The molecule has 8 nitrogen and oxygen atoms in total. The van der Waals surface area contributed by atoms with Crippen LogP contribution in [0.3, 0.4) is 0 Å². The van der Waals surface area contributed by atoms with Crippen LogP contribution in [0, 0.1) is 12.7 Å². The fourth-order valence-corrected chi connectivity index (χ4v) is 7.54. The van der Waals surface area contributed by atoms with E-state index in [9.17, 15) is 18.8 Å². The molecule has 3 aliphatic rings. The Labute approximate surface area is 302 Å². The van der Waals surface area contributed by atoms with Gasteiger partial charge in [-0.15, -0.1) is 0 Å². The van der Waals surface area contributed by atoms with Gasteiger partial charge >= 0.3 is 0 Å². The molecule has 2 bridgehead atoms. The van der Waals surface area contributed by atoms with Crippen LogP contribution in [0.25, 0.3) is 5.57 Å². The summed E-state index contributed by atoms with van der Waals surface area (Å²) in [7, 11) is 0. The van der Waals surface area contributed by atoms with Gasteiger partial charge in [0.25, 0.3) is 5.91 Å². The number of aryl methyl sites for hydroxylation is 2. The fourth-order valence-electron chi connectivity index (χ4n) is 7.18. The van der Waals surface area contributed by atoms with E-state index < -0.39 is 5.91 Å². The molecule has 2 heterocycles. The molecule has 1 saturated heterocycles. The summed E-state index contributed by atoms with van der Waals surface area (Å²) >= 11 is 3.41. The second kappa shape index (κ2) is 16.3. The highest BCUT2D eigenvalue weighted by Gasteiger charge is 2.43. The van der Waals surface area contributed by atoms with Crippen molar-refractivity contribution in [1.29, 1.82) is 0 Å². The lowest BCUT2D eigenvalue weighted by molar-refractivity contribution is -0.134. The molecule has 2 fully saturated rings. The maximum Gasteiger partial charge on any atom is 0.252 e. The highest BCUT2D eigenvalue weighted by molar-refractivity contribution is 9.10. The molecule has 3 aromatic carbocycles.